The number of rotatable bonds is 3. The van der Waals surface area contributed by atoms with Crippen molar-refractivity contribution in [1.82, 2.24) is 4.98 Å². The van der Waals surface area contributed by atoms with E-state index in [1.54, 1.807) is 0 Å². The van der Waals surface area contributed by atoms with E-state index in [9.17, 15) is 8.78 Å². The summed E-state index contributed by atoms with van der Waals surface area (Å²) in [5, 5.41) is 0. The fraction of sp³-hybridized carbons (Fsp3) is 0.0833. The Morgan fingerprint density at radius 3 is 2.53 bits per heavy atom. The molecule has 2 rings (SSSR count). The summed E-state index contributed by atoms with van der Waals surface area (Å²) in [5.74, 6) is -1.79. The van der Waals surface area contributed by atoms with Gasteiger partial charge in [-0.3, -0.25) is 0 Å². The summed E-state index contributed by atoms with van der Waals surface area (Å²) >= 11 is 2.87. The molecule has 1 aromatic carbocycles. The van der Waals surface area contributed by atoms with E-state index in [1.165, 1.54) is 0 Å². The number of aromatic nitrogens is 1. The Morgan fingerprint density at radius 1 is 1.12 bits per heavy atom. The Morgan fingerprint density at radius 2 is 1.82 bits per heavy atom. The van der Waals surface area contributed by atoms with Crippen LogP contribution in [-0.4, -0.2) is 4.98 Å². The summed E-state index contributed by atoms with van der Waals surface area (Å²) in [7, 11) is 0. The van der Waals surface area contributed by atoms with Gasteiger partial charge < -0.3 is 4.74 Å². The first-order valence-corrected chi connectivity index (χ1v) is 5.64. The van der Waals surface area contributed by atoms with E-state index in [1.807, 2.05) is 30.3 Å². The van der Waals surface area contributed by atoms with Crippen molar-refractivity contribution >= 4 is 15.9 Å². The molecule has 0 fully saturated rings. The van der Waals surface area contributed by atoms with E-state index in [2.05, 4.69) is 20.9 Å². The minimum atomic E-state index is -0.818. The van der Waals surface area contributed by atoms with Gasteiger partial charge in [0, 0.05) is 6.07 Å². The second-order valence-corrected chi connectivity index (χ2v) is 4.07. The molecule has 0 atom stereocenters. The molecule has 0 radical (unpaired) electrons. The molecule has 88 valence electrons. The molecular formula is C12H8BrF2NO. The smallest absolute Gasteiger partial charge is 0.252 e. The molecule has 0 saturated carbocycles. The average Bonchev–Trinajstić information content (AvgIpc) is 2.33. The Balaban J connectivity index is 2.12. The highest BCUT2D eigenvalue weighted by atomic mass is 79.9. The molecule has 1 heterocycles. The highest BCUT2D eigenvalue weighted by Crippen LogP contribution is 2.21. The Bertz CT molecular complexity index is 519. The predicted molar refractivity (Wildman–Crippen MR) is 62.6 cm³/mol. The van der Waals surface area contributed by atoms with Crippen LogP contribution in [0, 0.1) is 11.6 Å². The maximum Gasteiger partial charge on any atom is 0.252 e. The third kappa shape index (κ3) is 3.00. The molecule has 2 aromatic rings. The van der Waals surface area contributed by atoms with Crippen LogP contribution in [0.5, 0.6) is 5.88 Å². The van der Waals surface area contributed by atoms with Gasteiger partial charge in [0.1, 0.15) is 11.2 Å². The number of pyridine rings is 1. The van der Waals surface area contributed by atoms with Gasteiger partial charge in [-0.05, 0) is 21.5 Å². The molecule has 0 saturated heterocycles. The molecule has 0 amide bonds. The minimum Gasteiger partial charge on any atom is -0.471 e. The molecule has 17 heavy (non-hydrogen) atoms. The van der Waals surface area contributed by atoms with Gasteiger partial charge in [0.15, 0.2) is 11.6 Å². The number of halogens is 3. The van der Waals surface area contributed by atoms with Crippen LogP contribution in [-0.2, 0) is 6.61 Å². The molecule has 2 nitrogen and oxygen atoms in total. The molecule has 1 aromatic heterocycles. The van der Waals surface area contributed by atoms with Crippen LogP contribution in [0.15, 0.2) is 41.0 Å². The lowest BCUT2D eigenvalue weighted by Crippen LogP contribution is -2.01. The highest BCUT2D eigenvalue weighted by molar-refractivity contribution is 9.10. The van der Waals surface area contributed by atoms with Crippen molar-refractivity contribution in [1.29, 1.82) is 0 Å². The zero-order valence-corrected chi connectivity index (χ0v) is 10.2. The minimum absolute atomic E-state index is 0.0676. The molecule has 0 unspecified atom stereocenters. The summed E-state index contributed by atoms with van der Waals surface area (Å²) in [6.45, 7) is 0.183. The maximum atomic E-state index is 13.3. The summed E-state index contributed by atoms with van der Waals surface area (Å²) in [5.41, 5.74) is 0.883. The van der Waals surface area contributed by atoms with Crippen LogP contribution in [0.4, 0.5) is 8.78 Å². The quantitative estimate of drug-likeness (QED) is 0.806. The van der Waals surface area contributed by atoms with E-state index in [-0.39, 0.29) is 17.1 Å². The van der Waals surface area contributed by atoms with E-state index in [0.29, 0.717) is 0 Å². The van der Waals surface area contributed by atoms with Gasteiger partial charge in [-0.2, -0.15) is 0 Å². The number of hydrogen-bond acceptors (Lipinski definition) is 2. The second kappa shape index (κ2) is 5.23. The van der Waals surface area contributed by atoms with Crippen molar-refractivity contribution in [3.8, 4) is 5.88 Å². The largest absolute Gasteiger partial charge is 0.471 e. The van der Waals surface area contributed by atoms with Gasteiger partial charge in [-0.25, -0.2) is 13.8 Å². The molecule has 5 heteroatoms. The normalized spacial score (nSPS) is 10.3. The fourth-order valence-electron chi connectivity index (χ4n) is 1.26. The molecule has 0 bridgehead atoms. The van der Waals surface area contributed by atoms with Crippen molar-refractivity contribution in [3.63, 3.8) is 0 Å². The Hall–Kier alpha value is -1.49. The standard InChI is InChI=1S/C12H8BrF2NO/c13-11-9(14)6-10(15)12(16-11)17-7-8-4-2-1-3-5-8/h1-6H,7H2. The Labute approximate surface area is 105 Å². The van der Waals surface area contributed by atoms with Gasteiger partial charge in [-0.1, -0.05) is 30.3 Å². The maximum absolute atomic E-state index is 13.3. The second-order valence-electron chi connectivity index (χ2n) is 3.32. The molecule has 0 N–H and O–H groups in total. The zero-order valence-electron chi connectivity index (χ0n) is 8.66. The van der Waals surface area contributed by atoms with Crippen LogP contribution in [0.2, 0.25) is 0 Å². The molecule has 0 aliphatic rings. The van der Waals surface area contributed by atoms with E-state index < -0.39 is 11.6 Å². The fourth-order valence-corrected chi connectivity index (χ4v) is 1.53. The molecule has 0 spiro atoms. The molecule has 0 aliphatic heterocycles. The topological polar surface area (TPSA) is 22.1 Å². The van der Waals surface area contributed by atoms with Crippen LogP contribution < -0.4 is 4.74 Å². The first-order chi connectivity index (χ1) is 8.16. The summed E-state index contributed by atoms with van der Waals surface area (Å²) in [4.78, 5) is 3.63. The zero-order chi connectivity index (χ0) is 12.3. The lowest BCUT2D eigenvalue weighted by Gasteiger charge is -2.06. The average molecular weight is 300 g/mol. The number of hydrogen-bond donors (Lipinski definition) is 0. The Kier molecular flexibility index (Phi) is 3.68. The van der Waals surface area contributed by atoms with Gasteiger partial charge in [0.25, 0.3) is 5.88 Å². The number of benzene rings is 1. The van der Waals surface area contributed by atoms with E-state index in [0.717, 1.165) is 11.6 Å². The lowest BCUT2D eigenvalue weighted by molar-refractivity contribution is 0.275. The monoisotopic (exact) mass is 299 g/mol. The first-order valence-electron chi connectivity index (χ1n) is 4.85. The van der Waals surface area contributed by atoms with Gasteiger partial charge >= 0.3 is 0 Å². The van der Waals surface area contributed by atoms with Crippen molar-refractivity contribution in [2.75, 3.05) is 0 Å². The number of nitrogens with zero attached hydrogens (tertiary/aromatic N) is 1. The third-order valence-electron chi connectivity index (χ3n) is 2.07. The van der Waals surface area contributed by atoms with Crippen molar-refractivity contribution in [3.05, 3.63) is 58.2 Å². The summed E-state index contributed by atoms with van der Waals surface area (Å²) in [6, 6.07) is 9.99. The van der Waals surface area contributed by atoms with Gasteiger partial charge in [-0.15, -0.1) is 0 Å². The first kappa shape index (κ1) is 12.0. The van der Waals surface area contributed by atoms with E-state index in [4.69, 9.17) is 4.74 Å². The van der Waals surface area contributed by atoms with Crippen LogP contribution >= 0.6 is 15.9 Å². The SMILES string of the molecule is Fc1cc(F)c(OCc2ccccc2)nc1Br. The van der Waals surface area contributed by atoms with Crippen molar-refractivity contribution in [2.24, 2.45) is 0 Å². The van der Waals surface area contributed by atoms with Crippen LogP contribution in [0.1, 0.15) is 5.56 Å². The van der Waals surface area contributed by atoms with E-state index >= 15 is 0 Å². The van der Waals surface area contributed by atoms with Crippen molar-refractivity contribution in [2.45, 2.75) is 6.61 Å². The lowest BCUT2D eigenvalue weighted by atomic mass is 10.2. The summed E-state index contributed by atoms with van der Waals surface area (Å²) in [6.07, 6.45) is 0. The van der Waals surface area contributed by atoms with Gasteiger partial charge in [0.2, 0.25) is 0 Å². The van der Waals surface area contributed by atoms with Crippen molar-refractivity contribution < 1.29 is 13.5 Å². The van der Waals surface area contributed by atoms with Crippen LogP contribution in [0.25, 0.3) is 0 Å². The number of ether oxygens (including phenoxy) is 1. The third-order valence-corrected chi connectivity index (χ3v) is 2.63. The van der Waals surface area contributed by atoms with Crippen LogP contribution in [0.3, 0.4) is 0 Å². The van der Waals surface area contributed by atoms with Gasteiger partial charge in [0.05, 0.1) is 0 Å². The molecule has 0 aliphatic carbocycles. The predicted octanol–water partition coefficient (Wildman–Crippen LogP) is 3.70. The molecular weight excluding hydrogens is 292 g/mol. The summed E-state index contributed by atoms with van der Waals surface area (Å²) < 4.78 is 31.3. The highest BCUT2D eigenvalue weighted by Gasteiger charge is 2.11.